The second-order valence-corrected chi connectivity index (χ2v) is 22.3. The standard InChI is InChI=1S/3C8H10FN.C8H11N.2C8H10O.2C7H8ClN.2C7H7Cl/c1-6-4-8(9)3-2-7(6)5-10;1-6-2-3-8(9)4-7(6)5-10;1-6-3-2-4-8(9)7(6)5-10;1-7-4-2-3-5-8(7)6-9;1-7-3-5-8(9-2)6-4-7;1-7-4-3-5-8(6-7)9-2;1-5-2-3-7(9)6(8)4-5;1-5-2-3-6(8)7(9)4-5;1-6-2-4-7(8)5-3-6;1-6-3-2-4-7(8)5-6/h3*2-4H,5,10H2,1H3;2-5H,6,9H2,1H3;2*3-6H,1-2H3;2*2-4H,9H2,1H3;2*2-5H,1H3. The van der Waals surface area contributed by atoms with Crippen molar-refractivity contribution in [2.24, 2.45) is 22.9 Å². The van der Waals surface area contributed by atoms with E-state index in [1.165, 1.54) is 63.7 Å². The first-order valence-corrected chi connectivity index (χ1v) is 30.5. The molecule has 0 spiro atoms. The Morgan fingerprint density at radius 1 is 0.319 bits per heavy atom. The lowest BCUT2D eigenvalue weighted by Gasteiger charge is -2.01. The van der Waals surface area contributed by atoms with Gasteiger partial charge in [-0.2, -0.15) is 0 Å². The molecule has 0 unspecified atom stereocenters. The molecule has 0 heterocycles. The molecule has 10 rings (SSSR count). The third kappa shape index (κ3) is 36.0. The molecule has 0 fully saturated rings. The molecule has 0 amide bonds. The number of hydrogen-bond donors (Lipinski definition) is 6. The largest absolute Gasteiger partial charge is 0.497 e. The minimum atomic E-state index is -0.217. The smallest absolute Gasteiger partial charge is 0.127 e. The van der Waals surface area contributed by atoms with Gasteiger partial charge in [0, 0.05) is 41.8 Å². The molecule has 0 saturated heterocycles. The second kappa shape index (κ2) is 46.3. The molecule has 8 nitrogen and oxygen atoms in total. The van der Waals surface area contributed by atoms with Gasteiger partial charge in [-0.25, -0.2) is 13.2 Å². The predicted octanol–water partition coefficient (Wildman–Crippen LogP) is 20.0. The minimum absolute atomic E-state index is 0.199. The van der Waals surface area contributed by atoms with Gasteiger partial charge in [0.25, 0.3) is 0 Å². The first-order chi connectivity index (χ1) is 43.2. The van der Waals surface area contributed by atoms with Crippen LogP contribution in [-0.4, -0.2) is 14.2 Å². The number of anilines is 2. The number of nitrogen functional groups attached to an aromatic ring is 2. The molecular weight excluding hydrogens is 1230 g/mol. The minimum Gasteiger partial charge on any atom is -0.497 e. The highest BCUT2D eigenvalue weighted by atomic mass is 35.5. The Hall–Kier alpha value is -7.81. The van der Waals surface area contributed by atoms with Crippen LogP contribution in [0, 0.1) is 86.7 Å². The van der Waals surface area contributed by atoms with Gasteiger partial charge in [-0.05, 0) is 234 Å². The Morgan fingerprint density at radius 2 is 0.791 bits per heavy atom. The molecule has 0 saturated carbocycles. The maximum atomic E-state index is 12.8. The third-order valence-corrected chi connectivity index (χ3v) is 14.0. The SMILES string of the molecule is COc1ccc(C)cc1.COc1cccc(C)c1.Cc1cc(F)ccc1CN.Cc1ccc(Cl)c(N)c1.Cc1ccc(Cl)cc1.Cc1ccc(F)cc1CN.Cc1ccc(N)c(Cl)c1.Cc1cccc(Cl)c1.Cc1cccc(F)c1CN.Cc1ccccc1CN. The molecule has 91 heavy (non-hydrogen) atoms. The number of nitrogens with two attached hydrogens (primary N) is 6. The van der Waals surface area contributed by atoms with Gasteiger partial charge < -0.3 is 43.9 Å². The summed E-state index contributed by atoms with van der Waals surface area (Å²) in [5.74, 6) is 1.22. The van der Waals surface area contributed by atoms with Gasteiger partial charge >= 0.3 is 0 Å². The van der Waals surface area contributed by atoms with Crippen molar-refractivity contribution >= 4 is 57.8 Å². The summed E-state index contributed by atoms with van der Waals surface area (Å²) < 4.78 is 47.7. The lowest BCUT2D eigenvalue weighted by atomic mass is 10.1. The zero-order valence-electron chi connectivity index (χ0n) is 54.5. The maximum Gasteiger partial charge on any atom is 0.127 e. The zero-order chi connectivity index (χ0) is 68.4. The van der Waals surface area contributed by atoms with Gasteiger partial charge in [0.1, 0.15) is 29.0 Å². The summed E-state index contributed by atoms with van der Waals surface area (Å²) in [6.07, 6.45) is 0. The third-order valence-electron chi connectivity index (χ3n) is 12.9. The van der Waals surface area contributed by atoms with Gasteiger partial charge in [0.05, 0.1) is 35.6 Å². The van der Waals surface area contributed by atoms with Crippen molar-refractivity contribution in [2.75, 3.05) is 25.7 Å². The van der Waals surface area contributed by atoms with Gasteiger partial charge in [0.2, 0.25) is 0 Å². The summed E-state index contributed by atoms with van der Waals surface area (Å²) in [6, 6.07) is 65.0. The highest BCUT2D eigenvalue weighted by Crippen LogP contribution is 2.20. The average Bonchev–Trinajstić information content (AvgIpc) is 3.66. The summed E-state index contributed by atoms with van der Waals surface area (Å²) in [5, 5.41) is 2.87. The van der Waals surface area contributed by atoms with Crippen molar-refractivity contribution in [1.82, 2.24) is 0 Å². The zero-order valence-corrected chi connectivity index (χ0v) is 57.5. The molecule has 0 aliphatic heterocycles. The first-order valence-electron chi connectivity index (χ1n) is 29.0. The number of ether oxygens (including phenoxy) is 2. The predicted molar refractivity (Wildman–Crippen MR) is 385 cm³/mol. The van der Waals surface area contributed by atoms with Crippen molar-refractivity contribution in [3.8, 4) is 11.5 Å². The van der Waals surface area contributed by atoms with E-state index in [-0.39, 0.29) is 24.0 Å². The topological polar surface area (TPSA) is 175 Å². The van der Waals surface area contributed by atoms with Gasteiger partial charge in [0.15, 0.2) is 0 Å². The molecule has 10 aromatic carbocycles. The van der Waals surface area contributed by atoms with Crippen molar-refractivity contribution in [2.45, 2.75) is 95.4 Å². The summed E-state index contributed by atoms with van der Waals surface area (Å²) in [7, 11) is 3.35. The average molecular weight is 1320 g/mol. The van der Waals surface area contributed by atoms with Crippen LogP contribution in [0.25, 0.3) is 0 Å². The van der Waals surface area contributed by atoms with Crippen LogP contribution >= 0.6 is 46.4 Å². The number of aryl methyl sites for hydroxylation is 10. The van der Waals surface area contributed by atoms with E-state index >= 15 is 0 Å². The van der Waals surface area contributed by atoms with Gasteiger partial charge in [-0.15, -0.1) is 0 Å². The molecule has 0 aliphatic rings. The van der Waals surface area contributed by atoms with Crippen molar-refractivity contribution in [3.05, 3.63) is 328 Å². The van der Waals surface area contributed by atoms with Crippen LogP contribution in [-0.2, 0) is 26.2 Å². The molecule has 486 valence electrons. The molecule has 0 radical (unpaired) electrons. The Bertz CT molecular complexity index is 3540. The number of rotatable bonds is 6. The fourth-order valence-corrected chi connectivity index (χ4v) is 8.09. The van der Waals surface area contributed by atoms with Crippen molar-refractivity contribution in [1.29, 1.82) is 0 Å². The monoisotopic (exact) mass is 1320 g/mol. The maximum absolute atomic E-state index is 12.8. The molecule has 0 aromatic heterocycles. The highest BCUT2D eigenvalue weighted by molar-refractivity contribution is 6.33. The Morgan fingerprint density at radius 3 is 1.21 bits per heavy atom. The van der Waals surface area contributed by atoms with Crippen LogP contribution in [0.3, 0.4) is 0 Å². The van der Waals surface area contributed by atoms with Gasteiger partial charge in [-0.3, -0.25) is 0 Å². The number of methoxy groups -OCH3 is 2. The van der Waals surface area contributed by atoms with Crippen LogP contribution in [0.15, 0.2) is 212 Å². The fourth-order valence-electron chi connectivity index (χ4n) is 7.36. The van der Waals surface area contributed by atoms with Crippen LogP contribution < -0.4 is 43.9 Å². The van der Waals surface area contributed by atoms with Crippen LogP contribution in [0.1, 0.15) is 77.9 Å². The number of benzene rings is 10. The normalized spacial score (nSPS) is 9.53. The summed E-state index contributed by atoms with van der Waals surface area (Å²) >= 11 is 22.6. The molecule has 15 heteroatoms. The fraction of sp³-hybridized carbons (Fsp3) is 0.211. The lowest BCUT2D eigenvalue weighted by Crippen LogP contribution is -2.01. The van der Waals surface area contributed by atoms with E-state index < -0.39 is 0 Å². The van der Waals surface area contributed by atoms with E-state index in [2.05, 4.69) is 26.0 Å². The second-order valence-electron chi connectivity index (χ2n) is 20.6. The van der Waals surface area contributed by atoms with Crippen LogP contribution in [0.4, 0.5) is 24.5 Å². The summed E-state index contributed by atoms with van der Waals surface area (Å²) in [5.41, 5.74) is 48.8. The summed E-state index contributed by atoms with van der Waals surface area (Å²) in [6.45, 7) is 21.6. The molecule has 0 aliphatic carbocycles. The molecule has 0 atom stereocenters. The van der Waals surface area contributed by atoms with Crippen molar-refractivity contribution < 1.29 is 22.6 Å². The van der Waals surface area contributed by atoms with E-state index in [1.54, 1.807) is 44.6 Å². The molecule has 10 aromatic rings. The summed E-state index contributed by atoms with van der Waals surface area (Å²) in [4.78, 5) is 0. The first kappa shape index (κ1) is 81.2. The van der Waals surface area contributed by atoms with Crippen LogP contribution in [0.5, 0.6) is 11.5 Å². The molecular formula is C76H91Cl4F3N6O2. The Balaban J connectivity index is 0.000000506. The van der Waals surface area contributed by atoms with E-state index in [0.717, 1.165) is 60.5 Å². The highest BCUT2D eigenvalue weighted by Gasteiger charge is 2.02. The molecule has 12 N–H and O–H groups in total. The quantitative estimate of drug-likeness (QED) is 0.0892. The van der Waals surface area contributed by atoms with E-state index in [1.807, 2.05) is 195 Å². The van der Waals surface area contributed by atoms with E-state index in [9.17, 15) is 13.2 Å². The van der Waals surface area contributed by atoms with Crippen molar-refractivity contribution in [3.63, 3.8) is 0 Å². The number of hydrogen-bond acceptors (Lipinski definition) is 8. The van der Waals surface area contributed by atoms with Crippen LogP contribution in [0.2, 0.25) is 20.1 Å². The van der Waals surface area contributed by atoms with E-state index in [0.29, 0.717) is 46.6 Å². The number of halogens is 7. The lowest BCUT2D eigenvalue weighted by molar-refractivity contribution is 0.414. The van der Waals surface area contributed by atoms with Gasteiger partial charge in [-0.1, -0.05) is 167 Å². The Kier molecular flexibility index (Phi) is 41.3. The Labute approximate surface area is 560 Å². The van der Waals surface area contributed by atoms with E-state index in [4.69, 9.17) is 90.3 Å². The molecule has 0 bridgehead atoms.